The second kappa shape index (κ2) is 44.3. The summed E-state index contributed by atoms with van der Waals surface area (Å²) in [6, 6.07) is 31.2. The Labute approximate surface area is 604 Å². The first kappa shape index (κ1) is 86.3. The maximum Gasteiger partial charge on any atom is 1.00 e. The van der Waals surface area contributed by atoms with Gasteiger partial charge in [0.2, 0.25) is 0 Å². The van der Waals surface area contributed by atoms with E-state index in [1.807, 2.05) is 49.4 Å². The van der Waals surface area contributed by atoms with Crippen molar-refractivity contribution in [2.75, 3.05) is 75.6 Å². The number of methoxy groups -OCH3 is 6. The predicted molar refractivity (Wildman–Crippen MR) is 373 cm³/mol. The van der Waals surface area contributed by atoms with Crippen molar-refractivity contribution < 1.29 is 132 Å². The summed E-state index contributed by atoms with van der Waals surface area (Å²) in [5.41, 5.74) is 4.39. The molecule has 12 atom stereocenters. The molecular formula is C69H98N5NaO20P3+. The molecule has 3 saturated heterocycles. The van der Waals surface area contributed by atoms with Crippen LogP contribution in [0.4, 0.5) is 0 Å². The zero-order valence-corrected chi connectivity index (χ0v) is 63.5. The van der Waals surface area contributed by atoms with E-state index in [2.05, 4.69) is 42.3 Å². The SMILES string of the molecule is COc1ccc(CN[C@@H]2CCO[C@H](C)C2)c(OC)c1.COc1ccc(CN[C@H]2CCO[C@@H](C)C2)c(OC)c1.COc1ccc(C[NH+](OC(=O)[C@@H](O)CCN2C(=O)c3ccccc3C2=O)[C@@H]2CCO[C@H](C)C2)c(OC)c1.O=C(O)[C@@H](O)CCN1C(=O)c2ccccc2C1=O.P.PP.[Na+].[OH-]. The van der Waals surface area contributed by atoms with Gasteiger partial charge in [0.1, 0.15) is 47.1 Å². The number of hydrogen-bond donors (Lipinski definition) is 6. The number of carboxylic acids is 1. The number of aliphatic hydroxyl groups is 2. The average Bonchev–Trinajstić information content (AvgIpc) is 1.64. The van der Waals surface area contributed by atoms with Crippen LogP contribution in [0.5, 0.6) is 34.5 Å². The summed E-state index contributed by atoms with van der Waals surface area (Å²) >= 11 is 0. The molecular weight excluding hydrogens is 1330 g/mol. The fraction of sp³-hybridized carbons (Fsp3) is 0.478. The van der Waals surface area contributed by atoms with Gasteiger partial charge in [0, 0.05) is 106 Å². The molecule has 0 saturated carbocycles. The van der Waals surface area contributed by atoms with Crippen molar-refractivity contribution in [1.82, 2.24) is 20.4 Å². The summed E-state index contributed by atoms with van der Waals surface area (Å²) in [5.74, 6) is 0.653. The quantitative estimate of drug-likeness (QED) is 0.0223. The van der Waals surface area contributed by atoms with Crippen molar-refractivity contribution in [2.24, 2.45) is 0 Å². The number of benzene rings is 5. The molecule has 3 fully saturated rings. The van der Waals surface area contributed by atoms with Crippen LogP contribution in [0, 0.1) is 0 Å². The fourth-order valence-corrected chi connectivity index (χ4v) is 11.4. The van der Waals surface area contributed by atoms with E-state index in [4.69, 9.17) is 57.7 Å². The first-order valence-electron chi connectivity index (χ1n) is 31.6. The van der Waals surface area contributed by atoms with Crippen LogP contribution < -0.4 is 73.7 Å². The molecule has 7 N–H and O–H groups in total. The molecule has 0 radical (unpaired) electrons. The summed E-state index contributed by atoms with van der Waals surface area (Å²) in [5, 5.41) is 35.9. The van der Waals surface area contributed by atoms with Crippen LogP contribution in [-0.4, -0.2) is 190 Å². The van der Waals surface area contributed by atoms with Gasteiger partial charge in [-0.2, -0.15) is 9.90 Å². The average molecular weight is 1430 g/mol. The van der Waals surface area contributed by atoms with Gasteiger partial charge >= 0.3 is 41.5 Å². The Morgan fingerprint density at radius 2 is 0.888 bits per heavy atom. The number of carbonyl (C=O) groups excluding carboxylic acids is 5. The molecule has 4 amide bonds. The van der Waals surface area contributed by atoms with E-state index >= 15 is 0 Å². The van der Waals surface area contributed by atoms with Crippen molar-refractivity contribution in [2.45, 2.75) is 140 Å². The number of imide groups is 2. The minimum Gasteiger partial charge on any atom is -0.870 e. The number of aliphatic hydroxyl groups excluding tert-OH is 2. The van der Waals surface area contributed by atoms with Crippen molar-refractivity contribution in [3.05, 3.63) is 142 Å². The molecule has 0 aromatic heterocycles. The Kier molecular flexibility index (Phi) is 39.0. The first-order chi connectivity index (χ1) is 45.8. The van der Waals surface area contributed by atoms with Crippen LogP contribution in [0.15, 0.2) is 103 Å². The molecule has 5 aromatic carbocycles. The van der Waals surface area contributed by atoms with Crippen LogP contribution in [0.3, 0.4) is 0 Å². The van der Waals surface area contributed by atoms with Crippen LogP contribution in [-0.2, 0) is 48.3 Å². The summed E-state index contributed by atoms with van der Waals surface area (Å²) in [4.78, 5) is 80.1. The number of carbonyl (C=O) groups is 6. The van der Waals surface area contributed by atoms with E-state index in [0.717, 1.165) is 101 Å². The van der Waals surface area contributed by atoms with Crippen LogP contribution in [0.2, 0.25) is 0 Å². The molecule has 10 rings (SSSR count). The predicted octanol–water partition coefficient (Wildman–Crippen LogP) is 3.54. The van der Waals surface area contributed by atoms with E-state index < -0.39 is 47.8 Å². The molecule has 29 heteroatoms. The van der Waals surface area contributed by atoms with Gasteiger partial charge in [-0.05, 0) is 95.0 Å². The van der Waals surface area contributed by atoms with E-state index in [0.29, 0.717) is 89.1 Å². The molecule has 5 aliphatic heterocycles. The zero-order valence-electron chi connectivity index (χ0n) is 57.8. The third-order valence-corrected chi connectivity index (χ3v) is 16.7. The van der Waals surface area contributed by atoms with Gasteiger partial charge in [0.15, 0.2) is 12.2 Å². The van der Waals surface area contributed by atoms with Crippen molar-refractivity contribution in [3.8, 4) is 34.5 Å². The number of nitrogens with zero attached hydrogens (tertiary/aromatic N) is 2. The first-order valence-corrected chi connectivity index (χ1v) is 34.3. The summed E-state index contributed by atoms with van der Waals surface area (Å²) in [6.45, 7) is 10.2. The Hall–Kier alpha value is -5.95. The number of hydroxylamine groups is 2. The number of fused-ring (bicyclic) bond motifs is 2. The molecule has 5 heterocycles. The third-order valence-electron chi connectivity index (χ3n) is 16.7. The van der Waals surface area contributed by atoms with E-state index in [9.17, 15) is 33.9 Å². The van der Waals surface area contributed by atoms with Crippen molar-refractivity contribution >= 4 is 63.3 Å². The third kappa shape index (κ3) is 25.0. The molecule has 5 aliphatic rings. The summed E-state index contributed by atoms with van der Waals surface area (Å²) in [6.07, 6.45) is 2.94. The van der Waals surface area contributed by atoms with E-state index in [1.165, 1.54) is 0 Å². The number of quaternary nitrogens is 1. The second-order valence-electron chi connectivity index (χ2n) is 23.1. The van der Waals surface area contributed by atoms with Crippen LogP contribution >= 0.6 is 27.8 Å². The Balaban J connectivity index is 0.000000352. The maximum atomic E-state index is 12.9. The molecule has 25 nitrogen and oxygen atoms in total. The number of amides is 4. The van der Waals surface area contributed by atoms with Gasteiger partial charge < -0.3 is 74.1 Å². The standard InChI is InChI=1S/C27H32N2O8.2C15H23NO3.C12H11NO5.Na.H2O.H4P2.H3P/c1-17-14-19(11-13-36-17)29(16-18-8-9-20(34-2)15-24(18)35-3)37-27(33)23(30)10-12-28-25(31)21-6-4-5-7-22(21)26(28)32;2*1-11-8-13(6-7-19-11)16-10-12-4-5-14(17-2)9-15(12)18-3;14-9(12(17)18)5-6-13-10(15)7-3-1-2-4-8(7)11(13)16;;;1-2;/h4-9,15,17,19,23,30H,10-14,16H2,1-3H3;2*4-5,9,11,13,16H,6-8,10H2,1-3H3;1-4,9,14H,5-6H2,(H,17,18);;1H2;1-2H2;1H3/q;;;;+1;;;/t17-,19-,23+;2*11-,13-;9-;;;;/m1100..../s1. The molecule has 0 aliphatic carbocycles. The van der Waals surface area contributed by atoms with Gasteiger partial charge in [-0.15, -0.1) is 22.9 Å². The second-order valence-corrected chi connectivity index (χ2v) is 23.1. The fourth-order valence-electron chi connectivity index (χ4n) is 11.4. The van der Waals surface area contributed by atoms with Gasteiger partial charge in [-0.3, -0.25) is 33.8 Å². The zero-order chi connectivity index (χ0) is 69.1. The molecule has 98 heavy (non-hydrogen) atoms. The Morgan fingerprint density at radius 3 is 1.23 bits per heavy atom. The molecule has 0 spiro atoms. The number of rotatable bonds is 24. The normalized spacial score (nSPS) is 19.8. The topological polar surface area (TPSA) is 320 Å². The van der Waals surface area contributed by atoms with Gasteiger partial charge in [0.25, 0.3) is 23.6 Å². The Bertz CT molecular complexity index is 3190. The minimum atomic E-state index is -1.57. The monoisotopic (exact) mass is 1430 g/mol. The van der Waals surface area contributed by atoms with Crippen molar-refractivity contribution in [3.63, 3.8) is 0 Å². The largest absolute Gasteiger partial charge is 1.00 e. The molecule has 534 valence electrons. The molecule has 5 aromatic rings. The summed E-state index contributed by atoms with van der Waals surface area (Å²) < 4.78 is 48.8. The van der Waals surface area contributed by atoms with E-state index in [-0.39, 0.29) is 83.0 Å². The van der Waals surface area contributed by atoms with E-state index in [1.54, 1.807) is 103 Å². The smallest absolute Gasteiger partial charge is 0.870 e. The van der Waals surface area contributed by atoms with Gasteiger partial charge in [-0.1, -0.05) is 36.4 Å². The van der Waals surface area contributed by atoms with Crippen molar-refractivity contribution in [1.29, 1.82) is 0 Å². The van der Waals surface area contributed by atoms with Gasteiger partial charge in [-0.25, -0.2) is 9.59 Å². The maximum absolute atomic E-state index is 12.9. The van der Waals surface area contributed by atoms with Crippen LogP contribution in [0.25, 0.3) is 0 Å². The molecule has 0 bridgehead atoms. The van der Waals surface area contributed by atoms with Gasteiger partial charge in [0.05, 0.1) is 95.4 Å². The number of nitrogens with one attached hydrogen (secondary N) is 3. The molecule has 4 unspecified atom stereocenters. The number of aliphatic carboxylic acids is 1. The minimum absolute atomic E-state index is 0. The summed E-state index contributed by atoms with van der Waals surface area (Å²) in [7, 11) is 14.5. The Morgan fingerprint density at radius 1 is 0.541 bits per heavy atom. The number of hydrogen-bond acceptors (Lipinski definition) is 21. The number of ether oxygens (including phenoxy) is 9. The van der Waals surface area contributed by atoms with Crippen LogP contribution in [0.1, 0.15) is 130 Å². The number of carboxylic acid groups (broad SMARTS) is 1.